The van der Waals surface area contributed by atoms with E-state index >= 15 is 0 Å². The highest BCUT2D eigenvalue weighted by molar-refractivity contribution is 5.97. The van der Waals surface area contributed by atoms with Gasteiger partial charge in [-0.1, -0.05) is 44.2 Å². The van der Waals surface area contributed by atoms with E-state index in [1.165, 1.54) is 5.57 Å². The van der Waals surface area contributed by atoms with Crippen molar-refractivity contribution in [2.45, 2.75) is 40.0 Å². The second-order valence-electron chi connectivity index (χ2n) is 9.80. The minimum absolute atomic E-state index is 0.384. The Kier molecular flexibility index (Phi) is 10.2. The average Bonchev–Trinajstić information content (AvgIpc) is 2.96. The zero-order valence-corrected chi connectivity index (χ0v) is 22.9. The molecule has 1 fully saturated rings. The van der Waals surface area contributed by atoms with Gasteiger partial charge < -0.3 is 15.1 Å². The van der Waals surface area contributed by atoms with Crippen LogP contribution in [0.5, 0.6) is 0 Å². The average molecular weight is 513 g/mol. The molecule has 1 aliphatic heterocycles. The maximum atomic E-state index is 4.87. The van der Waals surface area contributed by atoms with Gasteiger partial charge in [-0.3, -0.25) is 9.98 Å². The van der Waals surface area contributed by atoms with E-state index in [9.17, 15) is 0 Å². The molecule has 2 aromatic rings. The fourth-order valence-corrected chi connectivity index (χ4v) is 4.41. The van der Waals surface area contributed by atoms with Crippen LogP contribution in [-0.4, -0.2) is 71.6 Å². The van der Waals surface area contributed by atoms with Gasteiger partial charge in [0.05, 0.1) is 6.20 Å². The van der Waals surface area contributed by atoms with Crippen LogP contribution in [0.15, 0.2) is 87.7 Å². The van der Waals surface area contributed by atoms with Gasteiger partial charge >= 0.3 is 0 Å². The van der Waals surface area contributed by atoms with Crippen molar-refractivity contribution in [3.63, 3.8) is 0 Å². The van der Waals surface area contributed by atoms with Crippen LogP contribution in [-0.2, 0) is 0 Å². The van der Waals surface area contributed by atoms with Gasteiger partial charge in [-0.25, -0.2) is 15.0 Å². The van der Waals surface area contributed by atoms with E-state index in [0.29, 0.717) is 12.6 Å². The largest absolute Gasteiger partial charge is 0.381 e. The summed E-state index contributed by atoms with van der Waals surface area (Å²) < 4.78 is 0. The quantitative estimate of drug-likeness (QED) is 0.405. The summed E-state index contributed by atoms with van der Waals surface area (Å²) in [5, 5.41) is 3.52. The molecule has 0 amide bonds. The highest BCUT2D eigenvalue weighted by Gasteiger charge is 2.20. The molecule has 38 heavy (non-hydrogen) atoms. The van der Waals surface area contributed by atoms with E-state index in [-0.39, 0.29) is 0 Å². The van der Waals surface area contributed by atoms with Gasteiger partial charge in [0.2, 0.25) is 5.96 Å². The number of hydrogen-bond acceptors (Lipinski definition) is 6. The van der Waals surface area contributed by atoms with Crippen molar-refractivity contribution in [3.05, 3.63) is 72.7 Å². The predicted octanol–water partition coefficient (Wildman–Crippen LogP) is 5.25. The monoisotopic (exact) mass is 512 g/mol. The van der Waals surface area contributed by atoms with E-state index < -0.39 is 0 Å². The molecule has 4 rings (SSSR count). The third-order valence-corrected chi connectivity index (χ3v) is 6.84. The summed E-state index contributed by atoms with van der Waals surface area (Å²) in [5.41, 5.74) is 4.58. The summed E-state index contributed by atoms with van der Waals surface area (Å²) >= 11 is 0. The van der Waals surface area contributed by atoms with Gasteiger partial charge in [0, 0.05) is 62.2 Å². The lowest BCUT2D eigenvalue weighted by Crippen LogP contribution is -2.48. The Morgan fingerprint density at radius 2 is 1.89 bits per heavy atom. The number of aliphatic imine (C=N–C) groups is 3. The molecule has 2 heterocycles. The van der Waals surface area contributed by atoms with Crippen LogP contribution in [0.1, 0.15) is 40.0 Å². The molecule has 1 aromatic heterocycles. The summed E-state index contributed by atoms with van der Waals surface area (Å²) in [4.78, 5) is 27.7. The smallest absolute Gasteiger partial charge is 0.222 e. The second kappa shape index (κ2) is 14.2. The third-order valence-electron chi connectivity index (χ3n) is 6.84. The van der Waals surface area contributed by atoms with Crippen molar-refractivity contribution >= 4 is 28.9 Å². The van der Waals surface area contributed by atoms with E-state index in [0.717, 1.165) is 80.9 Å². The molecular weight excluding hydrogens is 472 g/mol. The molecular formula is C30H40N8. The van der Waals surface area contributed by atoms with Gasteiger partial charge in [0.1, 0.15) is 12.5 Å². The van der Waals surface area contributed by atoms with Crippen LogP contribution in [0, 0.1) is 5.92 Å². The Labute approximate surface area is 227 Å². The van der Waals surface area contributed by atoms with Crippen molar-refractivity contribution < 1.29 is 0 Å². The van der Waals surface area contributed by atoms with Crippen molar-refractivity contribution in [3.8, 4) is 0 Å². The first-order chi connectivity index (χ1) is 18.6. The molecule has 2 aliphatic rings. The second-order valence-corrected chi connectivity index (χ2v) is 9.80. The molecule has 1 N–H and O–H groups in total. The molecule has 1 aromatic carbocycles. The highest BCUT2D eigenvalue weighted by Crippen LogP contribution is 2.17. The first-order valence-electron chi connectivity index (χ1n) is 13.7. The first-order valence-corrected chi connectivity index (χ1v) is 13.7. The first kappa shape index (κ1) is 27.2. The molecule has 1 unspecified atom stereocenters. The number of hydrogen-bond donors (Lipinski definition) is 1. The number of rotatable bonds is 7. The fourth-order valence-electron chi connectivity index (χ4n) is 4.41. The van der Waals surface area contributed by atoms with E-state index in [4.69, 9.17) is 15.0 Å². The van der Waals surface area contributed by atoms with Crippen LogP contribution in [0.2, 0.25) is 0 Å². The molecule has 1 saturated heterocycles. The van der Waals surface area contributed by atoms with E-state index in [1.54, 1.807) is 12.4 Å². The standard InChI is InChI=1S/C30H40N8/c1-4-25(3)36-30(38-18-16-37(17-19-38)29-22-31-14-15-32-29)35-23-34-28-12-10-24(2)20-26(11-13-28)21-33-27-8-6-5-7-9-27/h5-9,11,13-15,20,22,24,33H,4,10,12,16-19,21,23H2,1-3H3. The zero-order valence-electron chi connectivity index (χ0n) is 22.9. The van der Waals surface area contributed by atoms with Crippen LogP contribution in [0.4, 0.5) is 11.5 Å². The van der Waals surface area contributed by atoms with Crippen LogP contribution in [0.25, 0.3) is 0 Å². The van der Waals surface area contributed by atoms with Gasteiger partial charge in [-0.05, 0) is 55.9 Å². The Bertz CT molecular complexity index is 1160. The summed E-state index contributed by atoms with van der Waals surface area (Å²) in [6.07, 6.45) is 14.9. The Hall–Kier alpha value is -3.81. The Morgan fingerprint density at radius 3 is 2.63 bits per heavy atom. The molecule has 8 nitrogen and oxygen atoms in total. The van der Waals surface area contributed by atoms with Gasteiger partial charge in [0.15, 0.2) is 0 Å². The summed E-state index contributed by atoms with van der Waals surface area (Å²) in [7, 11) is 0. The molecule has 200 valence electrons. The zero-order chi connectivity index (χ0) is 26.6. The molecule has 8 heteroatoms. The number of piperazine rings is 1. The number of nitrogens with zero attached hydrogens (tertiary/aromatic N) is 7. The number of nitrogens with one attached hydrogen (secondary N) is 1. The normalized spacial score (nSPS) is 20.2. The minimum atomic E-state index is 0.384. The van der Waals surface area contributed by atoms with Crippen molar-refractivity contribution in [2.75, 3.05) is 49.6 Å². The van der Waals surface area contributed by atoms with Gasteiger partial charge in [0.25, 0.3) is 0 Å². The lowest BCUT2D eigenvalue weighted by atomic mass is 9.96. The molecule has 0 bridgehead atoms. The maximum absolute atomic E-state index is 4.87. The lowest BCUT2D eigenvalue weighted by Gasteiger charge is -2.35. The van der Waals surface area contributed by atoms with Crippen molar-refractivity contribution in [1.29, 1.82) is 0 Å². The number of aromatic nitrogens is 2. The predicted molar refractivity (Wildman–Crippen MR) is 160 cm³/mol. The van der Waals surface area contributed by atoms with Gasteiger partial charge in [-0.2, -0.15) is 0 Å². The Morgan fingerprint density at radius 1 is 1.08 bits per heavy atom. The summed E-state index contributed by atoms with van der Waals surface area (Å²) in [5.74, 6) is 2.20. The van der Waals surface area contributed by atoms with Crippen molar-refractivity contribution in [2.24, 2.45) is 20.9 Å². The van der Waals surface area contributed by atoms with E-state index in [2.05, 4.69) is 88.3 Å². The number of anilines is 2. The maximum Gasteiger partial charge on any atom is 0.222 e. The fraction of sp³-hybridized carbons (Fsp3) is 0.433. The number of para-hydroxylation sites is 1. The molecule has 0 spiro atoms. The van der Waals surface area contributed by atoms with E-state index in [1.807, 2.05) is 12.3 Å². The molecule has 0 radical (unpaired) electrons. The Balaban J connectivity index is 1.40. The minimum Gasteiger partial charge on any atom is -0.381 e. The highest BCUT2D eigenvalue weighted by atomic mass is 15.3. The number of allylic oxidation sites excluding steroid dienone is 2. The number of guanidine groups is 1. The SMILES string of the molecule is CCC(C)=NC(=NCN=C1C=CC(CNc2ccccc2)=CC(C)CC1)N1CCN(c2cnccn2)CC1. The third kappa shape index (κ3) is 8.36. The van der Waals surface area contributed by atoms with Crippen molar-refractivity contribution in [1.82, 2.24) is 14.9 Å². The lowest BCUT2D eigenvalue weighted by molar-refractivity contribution is 0.380. The van der Waals surface area contributed by atoms with Crippen LogP contribution >= 0.6 is 0 Å². The van der Waals surface area contributed by atoms with Crippen LogP contribution in [0.3, 0.4) is 0 Å². The summed E-state index contributed by atoms with van der Waals surface area (Å²) in [6, 6.07) is 10.3. The molecule has 1 atom stereocenters. The van der Waals surface area contributed by atoms with Gasteiger partial charge in [-0.15, -0.1) is 0 Å². The topological polar surface area (TPSA) is 81.4 Å². The molecule has 0 saturated carbocycles. The molecule has 1 aliphatic carbocycles. The number of benzene rings is 1. The van der Waals surface area contributed by atoms with Crippen LogP contribution < -0.4 is 10.2 Å². The summed E-state index contributed by atoms with van der Waals surface area (Å²) in [6.45, 7) is 11.0.